The highest BCUT2D eigenvalue weighted by atomic mass is 16.5. The van der Waals surface area contributed by atoms with Gasteiger partial charge in [-0.1, -0.05) is 19.9 Å². The molecule has 1 fully saturated rings. The van der Waals surface area contributed by atoms with E-state index in [0.717, 1.165) is 42.6 Å². The molecule has 0 bridgehead atoms. The number of ether oxygens (including phenoxy) is 1. The number of nitrogens with zero attached hydrogens (tertiary/aromatic N) is 2. The average molecular weight is 303 g/mol. The summed E-state index contributed by atoms with van der Waals surface area (Å²) in [7, 11) is 0. The van der Waals surface area contributed by atoms with E-state index in [0.29, 0.717) is 19.0 Å². The summed E-state index contributed by atoms with van der Waals surface area (Å²) in [6.07, 6.45) is 3.36. The van der Waals surface area contributed by atoms with Crippen molar-refractivity contribution in [3.05, 3.63) is 23.4 Å². The van der Waals surface area contributed by atoms with E-state index in [2.05, 4.69) is 24.1 Å². The predicted molar refractivity (Wildman–Crippen MR) is 84.8 cm³/mol. The van der Waals surface area contributed by atoms with Crippen molar-refractivity contribution in [2.24, 2.45) is 11.8 Å². The summed E-state index contributed by atoms with van der Waals surface area (Å²) >= 11 is 0. The molecule has 2 heterocycles. The molecule has 5 nitrogen and oxygen atoms in total. The molecule has 3 rings (SSSR count). The molecule has 0 spiro atoms. The normalized spacial score (nSPS) is 17.3. The minimum Gasteiger partial charge on any atom is -0.477 e. The van der Waals surface area contributed by atoms with Crippen molar-refractivity contribution in [2.75, 3.05) is 19.7 Å². The van der Waals surface area contributed by atoms with Gasteiger partial charge in [-0.2, -0.15) is 0 Å². The summed E-state index contributed by atoms with van der Waals surface area (Å²) in [6.45, 7) is 7.05. The van der Waals surface area contributed by atoms with Gasteiger partial charge in [-0.15, -0.1) is 0 Å². The van der Waals surface area contributed by atoms with Crippen molar-refractivity contribution in [1.29, 1.82) is 0 Å². The van der Waals surface area contributed by atoms with Gasteiger partial charge in [-0.05, 0) is 30.2 Å². The number of hydrogen-bond donors (Lipinski definition) is 1. The highest BCUT2D eigenvalue weighted by molar-refractivity contribution is 5.74. The lowest BCUT2D eigenvalue weighted by Crippen LogP contribution is -2.44. The largest absolute Gasteiger partial charge is 0.477 e. The van der Waals surface area contributed by atoms with Crippen LogP contribution in [-0.4, -0.2) is 35.6 Å². The van der Waals surface area contributed by atoms with Crippen LogP contribution in [0.5, 0.6) is 5.88 Å². The SMILES string of the molecule is CC(C)CNC(=O)N1CCc2nc(OCC3CC3)ccc2C1. The first-order valence-corrected chi connectivity index (χ1v) is 8.26. The van der Waals surface area contributed by atoms with Gasteiger partial charge in [0.25, 0.3) is 0 Å². The Kier molecular flexibility index (Phi) is 4.50. The molecule has 0 aromatic carbocycles. The topological polar surface area (TPSA) is 54.5 Å². The molecule has 0 radical (unpaired) electrons. The van der Waals surface area contributed by atoms with Gasteiger partial charge >= 0.3 is 6.03 Å². The van der Waals surface area contributed by atoms with Crippen LogP contribution >= 0.6 is 0 Å². The molecular formula is C17H25N3O2. The van der Waals surface area contributed by atoms with Crippen LogP contribution in [0.4, 0.5) is 4.79 Å². The number of hydrogen-bond acceptors (Lipinski definition) is 3. The Balaban J connectivity index is 1.57. The van der Waals surface area contributed by atoms with Crippen molar-refractivity contribution >= 4 is 6.03 Å². The van der Waals surface area contributed by atoms with E-state index in [9.17, 15) is 4.79 Å². The van der Waals surface area contributed by atoms with E-state index < -0.39 is 0 Å². The van der Waals surface area contributed by atoms with Gasteiger partial charge in [0.1, 0.15) is 0 Å². The zero-order valence-electron chi connectivity index (χ0n) is 13.5. The second-order valence-electron chi connectivity index (χ2n) is 6.76. The lowest BCUT2D eigenvalue weighted by Gasteiger charge is -2.28. The number of fused-ring (bicyclic) bond motifs is 1. The van der Waals surface area contributed by atoms with Crippen molar-refractivity contribution < 1.29 is 9.53 Å². The molecule has 2 aliphatic rings. The van der Waals surface area contributed by atoms with E-state index in [-0.39, 0.29) is 6.03 Å². The van der Waals surface area contributed by atoms with Gasteiger partial charge in [0, 0.05) is 32.1 Å². The van der Waals surface area contributed by atoms with Crippen molar-refractivity contribution in [2.45, 2.75) is 39.7 Å². The first kappa shape index (κ1) is 15.1. The zero-order valence-corrected chi connectivity index (χ0v) is 13.5. The Labute approximate surface area is 132 Å². The molecule has 1 aromatic rings. The fourth-order valence-electron chi connectivity index (χ4n) is 2.54. The highest BCUT2D eigenvalue weighted by Crippen LogP contribution is 2.29. The molecule has 1 aliphatic carbocycles. The number of carbonyl (C=O) groups is 1. The summed E-state index contributed by atoms with van der Waals surface area (Å²) in [6, 6.07) is 4.00. The van der Waals surface area contributed by atoms with Crippen molar-refractivity contribution in [1.82, 2.24) is 15.2 Å². The molecule has 1 N–H and O–H groups in total. The van der Waals surface area contributed by atoms with E-state index in [4.69, 9.17) is 4.74 Å². The molecule has 0 saturated heterocycles. The minimum absolute atomic E-state index is 0.0217. The molecular weight excluding hydrogens is 278 g/mol. The van der Waals surface area contributed by atoms with Crippen LogP contribution in [0.15, 0.2) is 12.1 Å². The standard InChI is InChI=1S/C17H25N3O2/c1-12(2)9-18-17(21)20-8-7-15-14(10-20)5-6-16(19-15)22-11-13-3-4-13/h5-6,12-13H,3-4,7-11H2,1-2H3,(H,18,21). The molecule has 120 valence electrons. The molecule has 5 heteroatoms. The quantitative estimate of drug-likeness (QED) is 0.909. The molecule has 2 amide bonds. The summed E-state index contributed by atoms with van der Waals surface area (Å²) in [5.41, 5.74) is 2.20. The lowest BCUT2D eigenvalue weighted by molar-refractivity contribution is 0.190. The Morgan fingerprint density at radius 1 is 1.45 bits per heavy atom. The smallest absolute Gasteiger partial charge is 0.317 e. The van der Waals surface area contributed by atoms with Crippen LogP contribution in [0.2, 0.25) is 0 Å². The summed E-state index contributed by atoms with van der Waals surface area (Å²) in [5, 5.41) is 2.98. The fraction of sp³-hybridized carbons (Fsp3) is 0.647. The summed E-state index contributed by atoms with van der Waals surface area (Å²) in [4.78, 5) is 18.6. The van der Waals surface area contributed by atoms with E-state index in [1.165, 1.54) is 12.8 Å². The molecule has 1 aliphatic heterocycles. The van der Waals surface area contributed by atoms with Gasteiger partial charge in [0.05, 0.1) is 12.3 Å². The third-order valence-electron chi connectivity index (χ3n) is 4.14. The average Bonchev–Trinajstić information content (AvgIpc) is 3.34. The van der Waals surface area contributed by atoms with Crippen LogP contribution in [-0.2, 0) is 13.0 Å². The van der Waals surface area contributed by atoms with E-state index in [1.54, 1.807) is 0 Å². The minimum atomic E-state index is 0.0217. The highest BCUT2D eigenvalue weighted by Gasteiger charge is 2.24. The number of amides is 2. The van der Waals surface area contributed by atoms with Crippen LogP contribution in [0, 0.1) is 11.8 Å². The van der Waals surface area contributed by atoms with Gasteiger partial charge < -0.3 is 15.0 Å². The Hall–Kier alpha value is -1.78. The van der Waals surface area contributed by atoms with E-state index >= 15 is 0 Å². The number of nitrogens with one attached hydrogen (secondary N) is 1. The molecule has 0 atom stereocenters. The van der Waals surface area contributed by atoms with Crippen LogP contribution in [0.1, 0.15) is 37.9 Å². The van der Waals surface area contributed by atoms with Crippen LogP contribution in [0.25, 0.3) is 0 Å². The third kappa shape index (κ3) is 3.90. The maximum atomic E-state index is 12.1. The number of carbonyl (C=O) groups excluding carboxylic acids is 1. The van der Waals surface area contributed by atoms with Crippen molar-refractivity contribution in [3.63, 3.8) is 0 Å². The van der Waals surface area contributed by atoms with E-state index in [1.807, 2.05) is 17.0 Å². The summed E-state index contributed by atoms with van der Waals surface area (Å²) < 4.78 is 5.73. The van der Waals surface area contributed by atoms with Crippen LogP contribution < -0.4 is 10.1 Å². The zero-order chi connectivity index (χ0) is 15.5. The summed E-state index contributed by atoms with van der Waals surface area (Å²) in [5.74, 6) is 1.93. The third-order valence-corrected chi connectivity index (χ3v) is 4.14. The van der Waals surface area contributed by atoms with Gasteiger partial charge in [0.15, 0.2) is 0 Å². The number of urea groups is 1. The van der Waals surface area contributed by atoms with Gasteiger partial charge in [-0.25, -0.2) is 9.78 Å². The fourth-order valence-corrected chi connectivity index (χ4v) is 2.54. The molecule has 22 heavy (non-hydrogen) atoms. The Morgan fingerprint density at radius 2 is 2.27 bits per heavy atom. The second-order valence-corrected chi connectivity index (χ2v) is 6.76. The van der Waals surface area contributed by atoms with Gasteiger partial charge in [0.2, 0.25) is 5.88 Å². The first-order valence-electron chi connectivity index (χ1n) is 8.26. The number of pyridine rings is 1. The predicted octanol–water partition coefficient (Wildman–Crippen LogP) is 2.59. The number of rotatable bonds is 5. The first-order chi connectivity index (χ1) is 10.6. The number of aromatic nitrogens is 1. The monoisotopic (exact) mass is 303 g/mol. The van der Waals surface area contributed by atoms with Crippen molar-refractivity contribution in [3.8, 4) is 5.88 Å². The Bertz CT molecular complexity index is 541. The molecule has 1 aromatic heterocycles. The molecule has 0 unspecified atom stereocenters. The second kappa shape index (κ2) is 6.55. The Morgan fingerprint density at radius 3 is 3.00 bits per heavy atom. The van der Waals surface area contributed by atoms with Crippen LogP contribution in [0.3, 0.4) is 0 Å². The van der Waals surface area contributed by atoms with Gasteiger partial charge in [-0.3, -0.25) is 0 Å². The molecule has 1 saturated carbocycles. The maximum Gasteiger partial charge on any atom is 0.317 e. The lowest BCUT2D eigenvalue weighted by atomic mass is 10.1. The maximum absolute atomic E-state index is 12.1.